The zero-order valence-corrected chi connectivity index (χ0v) is 46.3. The molecule has 0 aliphatic carbocycles. The maximum absolute atomic E-state index is 5.73. The van der Waals surface area contributed by atoms with Crippen LogP contribution in [0.1, 0.15) is 108 Å². The van der Waals surface area contributed by atoms with Crippen LogP contribution in [0.2, 0.25) is 18.1 Å². The molecule has 0 atom stereocenters. The van der Waals surface area contributed by atoms with Crippen LogP contribution in [0, 0.1) is 20.8 Å². The van der Waals surface area contributed by atoms with E-state index in [1.165, 1.54) is 166 Å². The van der Waals surface area contributed by atoms with Crippen LogP contribution < -0.4 is 10.4 Å². The Morgan fingerprint density at radius 3 is 1.11 bits per heavy atom. The molecule has 0 saturated carbocycles. The van der Waals surface area contributed by atoms with Gasteiger partial charge in [0, 0.05) is 26.5 Å². The topological polar surface area (TPSA) is 27.7 Å². The van der Waals surface area contributed by atoms with Gasteiger partial charge in [-0.05, 0) is 123 Å². The van der Waals surface area contributed by atoms with Gasteiger partial charge in [-0.25, -0.2) is 0 Å². The maximum atomic E-state index is 5.73. The Balaban J connectivity index is 1.14. The fraction of sp³-hybridized carbons (Fsp3) is 0.354. The molecule has 7 aromatic rings. The fourth-order valence-corrected chi connectivity index (χ4v) is 19.1. The predicted molar refractivity (Wildman–Crippen MR) is 307 cm³/mol. The second kappa shape index (κ2) is 24.8. The van der Waals surface area contributed by atoms with E-state index in [1.807, 2.05) is 0 Å². The third-order valence-corrected chi connectivity index (χ3v) is 23.6. The van der Waals surface area contributed by atoms with Gasteiger partial charge in [-0.15, -0.1) is 0 Å². The van der Waals surface area contributed by atoms with E-state index in [9.17, 15) is 0 Å². The van der Waals surface area contributed by atoms with E-state index in [1.54, 1.807) is 26.5 Å². The number of rotatable bonds is 24. The molecule has 0 N–H and O–H groups in total. The van der Waals surface area contributed by atoms with Crippen LogP contribution in [-0.2, 0) is 19.7 Å². The van der Waals surface area contributed by atoms with Crippen LogP contribution in [0.15, 0.2) is 146 Å². The van der Waals surface area contributed by atoms with Crippen LogP contribution in [0.4, 0.5) is 0 Å². The van der Waals surface area contributed by atoms with Crippen molar-refractivity contribution in [2.75, 3.05) is 21.3 Å². The Bertz CT molecular complexity index is 2690. The molecule has 3 nitrogen and oxygen atoms in total. The lowest BCUT2D eigenvalue weighted by Crippen LogP contribution is -2.54. The van der Waals surface area contributed by atoms with Crippen LogP contribution in [0.3, 0.4) is 0 Å². The van der Waals surface area contributed by atoms with E-state index >= 15 is 0 Å². The number of aryl methyl sites for hydroxylation is 4. The second-order valence-electron chi connectivity index (χ2n) is 19.9. The second-order valence-corrected chi connectivity index (χ2v) is 27.4. The molecule has 7 aromatic carbocycles. The predicted octanol–water partition coefficient (Wildman–Crippen LogP) is 17.5. The van der Waals surface area contributed by atoms with Crippen LogP contribution >= 0.6 is 0 Å². The molecule has 7 rings (SSSR count). The van der Waals surface area contributed by atoms with Crippen molar-refractivity contribution in [3.05, 3.63) is 168 Å². The molecule has 0 amide bonds. The number of benzene rings is 7. The lowest BCUT2D eigenvalue weighted by Gasteiger charge is -2.35. The largest absolute Gasteiger partial charge is 0.536 e. The normalized spacial score (nSPS) is 11.9. The highest BCUT2D eigenvalue weighted by Crippen LogP contribution is 2.38. The van der Waals surface area contributed by atoms with E-state index in [0.29, 0.717) is 0 Å². The Morgan fingerprint density at radius 1 is 0.343 bits per heavy atom. The van der Waals surface area contributed by atoms with E-state index in [2.05, 4.69) is 194 Å². The van der Waals surface area contributed by atoms with Gasteiger partial charge in [-0.1, -0.05) is 248 Å². The van der Waals surface area contributed by atoms with Crippen molar-refractivity contribution in [2.24, 2.45) is 0 Å². The van der Waals surface area contributed by atoms with Gasteiger partial charge >= 0.3 is 8.80 Å². The highest BCUT2D eigenvalue weighted by molar-refractivity contribution is 6.93. The Morgan fingerprint density at radius 2 is 0.686 bits per heavy atom. The van der Waals surface area contributed by atoms with Crippen molar-refractivity contribution in [2.45, 2.75) is 131 Å². The number of hydrogen-bond acceptors (Lipinski definition) is 3. The van der Waals surface area contributed by atoms with Gasteiger partial charge in [-0.3, -0.25) is 0 Å². The first-order valence-electron chi connectivity index (χ1n) is 26.5. The molecule has 0 aliphatic rings. The van der Waals surface area contributed by atoms with Crippen molar-refractivity contribution in [1.29, 1.82) is 0 Å². The van der Waals surface area contributed by atoms with Gasteiger partial charge in [-0.2, -0.15) is 0 Å². The molecule has 0 aromatic heterocycles. The average Bonchev–Trinajstić information content (AvgIpc) is 3.38. The molecule has 0 bridgehead atoms. The van der Waals surface area contributed by atoms with Crippen molar-refractivity contribution in [3.63, 3.8) is 0 Å². The quantitative estimate of drug-likeness (QED) is 0.0446. The highest BCUT2D eigenvalue weighted by atomic mass is 28.4. The number of unbranched alkanes of at least 4 members (excludes halogenated alkanes) is 5. The van der Waals surface area contributed by atoms with E-state index in [-0.39, 0.29) is 0 Å². The zero-order chi connectivity index (χ0) is 49.7. The Hall–Kier alpha value is -5.15. The van der Waals surface area contributed by atoms with Crippen molar-refractivity contribution >= 4 is 27.3 Å². The summed E-state index contributed by atoms with van der Waals surface area (Å²) in [6.07, 6.45) is 12.9. The fourth-order valence-electron chi connectivity index (χ4n) is 11.5. The summed E-state index contributed by atoms with van der Waals surface area (Å²) in [5.74, 6) is 0. The smallest absolute Gasteiger partial charge is 0.373 e. The first kappa shape index (κ1) is 52.7. The third-order valence-electron chi connectivity index (χ3n) is 15.0. The molecular formula is C65H80O3Si2. The van der Waals surface area contributed by atoms with Crippen LogP contribution in [0.25, 0.3) is 66.8 Å². The van der Waals surface area contributed by atoms with Crippen molar-refractivity contribution in [3.8, 4) is 66.8 Å². The maximum Gasteiger partial charge on any atom is 0.536 e. The molecule has 0 aliphatic heterocycles. The van der Waals surface area contributed by atoms with Gasteiger partial charge < -0.3 is 13.3 Å². The minimum absolute atomic E-state index is 0.948. The van der Waals surface area contributed by atoms with Gasteiger partial charge in [0.25, 0.3) is 0 Å². The van der Waals surface area contributed by atoms with E-state index in [0.717, 1.165) is 10.8 Å². The Labute approximate surface area is 425 Å². The summed E-state index contributed by atoms with van der Waals surface area (Å²) in [6, 6.07) is 59.3. The van der Waals surface area contributed by atoms with Gasteiger partial charge in [0.2, 0.25) is 0 Å². The highest BCUT2D eigenvalue weighted by Gasteiger charge is 2.40. The van der Waals surface area contributed by atoms with Crippen molar-refractivity contribution in [1.82, 2.24) is 0 Å². The van der Waals surface area contributed by atoms with Crippen LogP contribution in [-0.4, -0.2) is 38.2 Å². The SMILES string of the molecule is CCCCCCCCc1ccc(-c2ccc(-c3cc(C)c(-c4ccc(-c5c(C)cc(-c6ccc(-c7ccc([Si](OC)(OC)OC)cc7)cc6)cc5[Si](CCC)(CCC)CCC)cc4)c(C)c3)cc2)cc1. The monoisotopic (exact) mass is 965 g/mol. The summed E-state index contributed by atoms with van der Waals surface area (Å²) in [5.41, 5.74) is 20.9. The van der Waals surface area contributed by atoms with Gasteiger partial charge in [0.1, 0.15) is 0 Å². The summed E-state index contributed by atoms with van der Waals surface area (Å²) < 4.78 is 17.2. The molecule has 5 heteroatoms. The van der Waals surface area contributed by atoms with Gasteiger partial charge in [0.15, 0.2) is 0 Å². The van der Waals surface area contributed by atoms with Crippen LogP contribution in [0.5, 0.6) is 0 Å². The van der Waals surface area contributed by atoms with Gasteiger partial charge in [0.05, 0.1) is 8.07 Å². The minimum Gasteiger partial charge on any atom is -0.373 e. The summed E-state index contributed by atoms with van der Waals surface area (Å²) >= 11 is 0. The summed E-state index contributed by atoms with van der Waals surface area (Å²) in [6.45, 7) is 16.4. The van der Waals surface area contributed by atoms with E-state index < -0.39 is 16.9 Å². The molecule has 0 saturated heterocycles. The zero-order valence-electron chi connectivity index (χ0n) is 44.3. The first-order chi connectivity index (χ1) is 34.1. The lowest BCUT2D eigenvalue weighted by molar-refractivity contribution is 0.140. The lowest BCUT2D eigenvalue weighted by atomic mass is 9.89. The Kier molecular flexibility index (Phi) is 18.7. The van der Waals surface area contributed by atoms with Crippen molar-refractivity contribution < 1.29 is 13.3 Å². The molecule has 0 fully saturated rings. The standard InChI is InChI=1S/C65H80O3Si2/c1-11-15-16-17-18-19-20-51-21-23-52(24-22-51)53-25-29-56(30-26-53)60-44-48(5)64(49(6)45-60)58-33-35-59(36-34-58)65-50(7)46-61(47-63(65)69(41-12-2,42-13-3)43-14-4)57-31-27-54(28-32-57)55-37-39-62(40-38-55)70(66-8,67-9)68-10/h21-40,44-47H,11-20,41-43H2,1-10H3. The number of hydrogen-bond donors (Lipinski definition) is 0. The summed E-state index contributed by atoms with van der Waals surface area (Å²) in [7, 11) is 0.179. The first-order valence-corrected chi connectivity index (χ1v) is 30.8. The molecule has 366 valence electrons. The summed E-state index contributed by atoms with van der Waals surface area (Å²) in [4.78, 5) is 0. The molecule has 0 radical (unpaired) electrons. The molecule has 0 heterocycles. The average molecular weight is 966 g/mol. The van der Waals surface area contributed by atoms with E-state index in [4.69, 9.17) is 13.3 Å². The summed E-state index contributed by atoms with van der Waals surface area (Å²) in [5, 5.41) is 2.59. The molecule has 70 heavy (non-hydrogen) atoms. The minimum atomic E-state index is -2.89. The molecular weight excluding hydrogens is 885 g/mol. The molecule has 0 spiro atoms. The third kappa shape index (κ3) is 12.0. The molecule has 0 unspecified atom stereocenters.